The predicted octanol–water partition coefficient (Wildman–Crippen LogP) is 7.37. The van der Waals surface area contributed by atoms with Gasteiger partial charge >= 0.3 is 12.8 Å². The molecule has 0 amide bonds. The molecule has 33 heavy (non-hydrogen) atoms. The molecule has 0 aromatic rings. The lowest BCUT2D eigenvalue weighted by atomic mass is 10.1. The highest BCUT2D eigenvalue weighted by Gasteiger charge is 2.35. The SMILES string of the molecule is CCCCCC/C=C\CCCCCCCC(=O)OC[C@H]1CSP(=O)(O)O1.CCN(CC)CC. The van der Waals surface area contributed by atoms with E-state index in [-0.39, 0.29) is 12.6 Å². The number of carbonyl (C=O) groups is 1. The second kappa shape index (κ2) is 22.2. The van der Waals surface area contributed by atoms with Crippen LogP contribution in [0.15, 0.2) is 12.2 Å². The van der Waals surface area contributed by atoms with Crippen LogP contribution in [-0.2, 0) is 18.6 Å². The number of rotatable bonds is 18. The van der Waals surface area contributed by atoms with Crippen LogP contribution < -0.4 is 0 Å². The highest BCUT2D eigenvalue weighted by molar-refractivity contribution is 8.55. The Morgan fingerprint density at radius 1 is 0.970 bits per heavy atom. The second-order valence-electron chi connectivity index (χ2n) is 8.42. The molecule has 1 fully saturated rings. The minimum atomic E-state index is -3.49. The molecule has 1 heterocycles. The average molecular weight is 508 g/mol. The number of allylic oxidation sites excluding steroid dienone is 2. The summed E-state index contributed by atoms with van der Waals surface area (Å²) in [6, 6.07) is 0. The number of ether oxygens (including phenoxy) is 1. The molecule has 8 heteroatoms. The maximum Gasteiger partial charge on any atom is 0.387 e. The third-order valence-electron chi connectivity index (χ3n) is 5.62. The van der Waals surface area contributed by atoms with Gasteiger partial charge in [-0.1, -0.05) is 78.4 Å². The zero-order chi connectivity index (χ0) is 24.8. The molecular weight excluding hydrogens is 457 g/mol. The van der Waals surface area contributed by atoms with E-state index in [2.05, 4.69) is 44.7 Å². The summed E-state index contributed by atoms with van der Waals surface area (Å²) in [5.74, 6) is 0.151. The molecule has 1 rings (SSSR count). The van der Waals surface area contributed by atoms with E-state index in [1.165, 1.54) is 64.6 Å². The standard InChI is InChI=1S/C19H35O5PS.C6H15N/c1-2-3-4-5-6-7-8-9-10-11-12-13-14-15-19(20)23-16-18-17-26-25(21,22)24-18;1-4-7(5-2)6-3/h7-8,18H,2-6,9-17H2,1H3,(H,21,22);4-6H2,1-3H3/b8-7-;/t18-;/m0./s1. The van der Waals surface area contributed by atoms with Gasteiger partial charge in [0, 0.05) is 12.2 Å². The third-order valence-corrected chi connectivity index (χ3v) is 8.72. The fraction of sp³-hybridized carbons (Fsp3) is 0.880. The van der Waals surface area contributed by atoms with Gasteiger partial charge in [-0.05, 0) is 63.1 Å². The number of esters is 1. The summed E-state index contributed by atoms with van der Waals surface area (Å²) in [5.41, 5.74) is 0. The van der Waals surface area contributed by atoms with Gasteiger partial charge in [-0.15, -0.1) is 0 Å². The highest BCUT2D eigenvalue weighted by atomic mass is 32.7. The lowest BCUT2D eigenvalue weighted by Crippen LogP contribution is -2.21. The van der Waals surface area contributed by atoms with Gasteiger partial charge in [0.2, 0.25) is 0 Å². The minimum absolute atomic E-state index is 0.0706. The Labute approximate surface area is 207 Å². The van der Waals surface area contributed by atoms with Crippen molar-refractivity contribution in [3.05, 3.63) is 12.2 Å². The van der Waals surface area contributed by atoms with Crippen molar-refractivity contribution in [3.63, 3.8) is 0 Å². The molecule has 0 spiro atoms. The van der Waals surface area contributed by atoms with E-state index >= 15 is 0 Å². The number of hydrogen-bond donors (Lipinski definition) is 1. The van der Waals surface area contributed by atoms with Crippen LogP contribution in [0.2, 0.25) is 0 Å². The number of hydrogen-bond acceptors (Lipinski definition) is 6. The van der Waals surface area contributed by atoms with Crippen molar-refractivity contribution in [1.29, 1.82) is 0 Å². The monoisotopic (exact) mass is 507 g/mol. The van der Waals surface area contributed by atoms with Crippen molar-refractivity contribution in [2.24, 2.45) is 0 Å². The molecule has 0 bridgehead atoms. The molecule has 0 radical (unpaired) electrons. The van der Waals surface area contributed by atoms with E-state index in [4.69, 9.17) is 9.26 Å². The van der Waals surface area contributed by atoms with Crippen LogP contribution in [0.5, 0.6) is 0 Å². The van der Waals surface area contributed by atoms with Gasteiger partial charge in [0.15, 0.2) is 0 Å². The van der Waals surface area contributed by atoms with Gasteiger partial charge in [0.1, 0.15) is 12.7 Å². The normalized spacial score (nSPS) is 20.2. The smallest absolute Gasteiger partial charge is 0.387 e. The molecule has 1 N–H and O–H groups in total. The Hall–Kier alpha value is -0.330. The van der Waals surface area contributed by atoms with Gasteiger partial charge in [0.05, 0.1) is 0 Å². The summed E-state index contributed by atoms with van der Waals surface area (Å²) < 4.78 is 21.2. The number of carbonyl (C=O) groups excluding carboxylic acids is 1. The van der Waals surface area contributed by atoms with Crippen molar-refractivity contribution in [1.82, 2.24) is 4.90 Å². The van der Waals surface area contributed by atoms with E-state index in [0.717, 1.165) is 37.1 Å². The molecule has 0 aromatic carbocycles. The maximum atomic E-state index is 11.6. The van der Waals surface area contributed by atoms with Gasteiger partial charge in [-0.25, -0.2) is 4.57 Å². The summed E-state index contributed by atoms with van der Waals surface area (Å²) in [7, 11) is 0. The van der Waals surface area contributed by atoms with Gasteiger partial charge < -0.3 is 14.5 Å². The molecule has 2 atom stereocenters. The zero-order valence-corrected chi connectivity index (χ0v) is 23.3. The van der Waals surface area contributed by atoms with E-state index < -0.39 is 12.9 Å². The second-order valence-corrected chi connectivity index (χ2v) is 12.3. The van der Waals surface area contributed by atoms with Crippen LogP contribution in [0.3, 0.4) is 0 Å². The van der Waals surface area contributed by atoms with Crippen molar-refractivity contribution >= 4 is 24.1 Å². The molecule has 0 aliphatic carbocycles. The Kier molecular flexibility index (Phi) is 21.9. The van der Waals surface area contributed by atoms with E-state index in [9.17, 15) is 14.3 Å². The first-order chi connectivity index (χ1) is 15.9. The van der Waals surface area contributed by atoms with E-state index in [1.807, 2.05) is 0 Å². The Morgan fingerprint density at radius 3 is 2.00 bits per heavy atom. The van der Waals surface area contributed by atoms with Crippen LogP contribution in [0, 0.1) is 0 Å². The van der Waals surface area contributed by atoms with Crippen molar-refractivity contribution in [2.45, 2.75) is 111 Å². The summed E-state index contributed by atoms with van der Waals surface area (Å²) in [4.78, 5) is 23.2. The topological polar surface area (TPSA) is 76.1 Å². The molecule has 196 valence electrons. The quantitative estimate of drug-likeness (QED) is 0.0898. The largest absolute Gasteiger partial charge is 0.463 e. The van der Waals surface area contributed by atoms with Crippen LogP contribution >= 0.6 is 18.2 Å². The highest BCUT2D eigenvalue weighted by Crippen LogP contribution is 2.61. The summed E-state index contributed by atoms with van der Waals surface area (Å²) in [5, 5.41) is 0. The Bertz CT molecular complexity index is 537. The van der Waals surface area contributed by atoms with Crippen LogP contribution in [-0.4, -0.2) is 53.9 Å². The molecule has 0 aromatic heterocycles. The zero-order valence-electron chi connectivity index (χ0n) is 21.6. The lowest BCUT2D eigenvalue weighted by Gasteiger charge is -2.13. The maximum absolute atomic E-state index is 11.6. The molecule has 1 aliphatic rings. The van der Waals surface area contributed by atoms with Crippen molar-refractivity contribution < 1.29 is 23.5 Å². The van der Waals surface area contributed by atoms with Crippen LogP contribution in [0.4, 0.5) is 0 Å². The summed E-state index contributed by atoms with van der Waals surface area (Å²) >= 11 is 0.890. The van der Waals surface area contributed by atoms with Gasteiger partial charge in [0.25, 0.3) is 0 Å². The Balaban J connectivity index is 0.00000126. The molecule has 1 aliphatic heterocycles. The summed E-state index contributed by atoms with van der Waals surface area (Å²) in [6.45, 7) is 8.94. The third kappa shape index (κ3) is 20.7. The van der Waals surface area contributed by atoms with Gasteiger partial charge in [-0.3, -0.25) is 9.32 Å². The molecular formula is C25H50NO5PS. The van der Waals surface area contributed by atoms with Crippen molar-refractivity contribution in [2.75, 3.05) is 32.0 Å². The molecule has 0 saturated carbocycles. The van der Waals surface area contributed by atoms with Crippen LogP contribution in [0.25, 0.3) is 0 Å². The lowest BCUT2D eigenvalue weighted by molar-refractivity contribution is -0.145. The fourth-order valence-electron chi connectivity index (χ4n) is 3.42. The molecule has 1 saturated heterocycles. The molecule has 1 unspecified atom stereocenters. The molecule has 6 nitrogen and oxygen atoms in total. The predicted molar refractivity (Wildman–Crippen MR) is 142 cm³/mol. The van der Waals surface area contributed by atoms with Gasteiger partial charge in [-0.2, -0.15) is 0 Å². The first-order valence-corrected chi connectivity index (χ1v) is 16.2. The van der Waals surface area contributed by atoms with E-state index in [0.29, 0.717) is 12.2 Å². The van der Waals surface area contributed by atoms with Crippen LogP contribution in [0.1, 0.15) is 105 Å². The first kappa shape index (κ1) is 32.7. The average Bonchev–Trinajstić information content (AvgIpc) is 3.15. The fourth-order valence-corrected chi connectivity index (χ4v) is 6.22. The number of nitrogens with zero attached hydrogens (tertiary/aromatic N) is 1. The van der Waals surface area contributed by atoms with Crippen molar-refractivity contribution in [3.8, 4) is 0 Å². The van der Waals surface area contributed by atoms with E-state index in [1.54, 1.807) is 0 Å². The summed E-state index contributed by atoms with van der Waals surface area (Å²) in [6.07, 6.45) is 17.7. The Morgan fingerprint density at radius 2 is 1.52 bits per heavy atom. The first-order valence-electron chi connectivity index (χ1n) is 13.1. The minimum Gasteiger partial charge on any atom is -0.463 e. The number of unbranched alkanes of at least 4 members (excludes halogenated alkanes) is 9.